The number of aryl methyl sites for hydroxylation is 1. The van der Waals surface area contributed by atoms with E-state index in [-0.39, 0.29) is 30.0 Å². The predicted octanol–water partition coefficient (Wildman–Crippen LogP) is 4.44. The average Bonchev–Trinajstić information content (AvgIpc) is 2.86. The molecule has 0 aliphatic carbocycles. The van der Waals surface area contributed by atoms with Crippen molar-refractivity contribution in [3.63, 3.8) is 0 Å². The van der Waals surface area contributed by atoms with Crippen LogP contribution in [0.4, 0.5) is 5.69 Å². The van der Waals surface area contributed by atoms with Crippen LogP contribution < -0.4 is 19.1 Å². The summed E-state index contributed by atoms with van der Waals surface area (Å²) in [6, 6.07) is 21.3. The summed E-state index contributed by atoms with van der Waals surface area (Å²) in [4.78, 5) is 13.2. The van der Waals surface area contributed by atoms with Crippen molar-refractivity contribution >= 4 is 21.6 Å². The number of amides is 1. The Labute approximate surface area is 213 Å². The lowest BCUT2D eigenvalue weighted by Crippen LogP contribution is -2.51. The van der Waals surface area contributed by atoms with E-state index < -0.39 is 22.0 Å². The molecule has 1 amide bonds. The molecule has 0 radical (unpaired) electrons. The minimum absolute atomic E-state index is 0.0742. The number of ether oxygens (including phenoxy) is 2. The second kappa shape index (κ2) is 10.2. The molecule has 1 aliphatic rings. The van der Waals surface area contributed by atoms with Crippen LogP contribution in [0, 0.1) is 6.92 Å². The topological polar surface area (TPSA) is 84.9 Å². The number of fused-ring (bicyclic) bond motifs is 1. The van der Waals surface area contributed by atoms with E-state index in [1.54, 1.807) is 42.5 Å². The van der Waals surface area contributed by atoms with Gasteiger partial charge in [-0.05, 0) is 53.8 Å². The van der Waals surface area contributed by atoms with Crippen LogP contribution in [0.25, 0.3) is 0 Å². The Balaban J connectivity index is 1.47. The number of hydrogen-bond donors (Lipinski definition) is 1. The van der Waals surface area contributed by atoms with Gasteiger partial charge in [0.25, 0.3) is 15.9 Å². The number of benzene rings is 3. The fourth-order valence-corrected chi connectivity index (χ4v) is 5.60. The molecule has 8 heteroatoms. The van der Waals surface area contributed by atoms with Gasteiger partial charge in [-0.1, -0.05) is 63.2 Å². The van der Waals surface area contributed by atoms with E-state index in [9.17, 15) is 13.2 Å². The fraction of sp³-hybridized carbons (Fsp3) is 0.321. The Bertz CT molecular complexity index is 1330. The highest BCUT2D eigenvalue weighted by Crippen LogP contribution is 2.37. The molecule has 1 aliphatic heterocycles. The van der Waals surface area contributed by atoms with Gasteiger partial charge in [0.2, 0.25) is 0 Å². The number of hydrogen-bond acceptors (Lipinski definition) is 5. The molecule has 7 nitrogen and oxygen atoms in total. The first-order valence-corrected chi connectivity index (χ1v) is 13.4. The second-order valence-electron chi connectivity index (χ2n) is 9.81. The standard InChI is InChI=1S/C28H32N2O5S/c1-20-14-15-25-23(18-20)30(36(32,33)21-10-6-5-7-11-21)19-26(35-25)27(31)29-16-17-34-24-13-9-8-12-22(24)28(2,3)4/h5-15,18,26H,16-17,19H2,1-4H3,(H,29,31)/t26-/m1/s1. The summed E-state index contributed by atoms with van der Waals surface area (Å²) in [5.41, 5.74) is 2.32. The van der Waals surface area contributed by atoms with Gasteiger partial charge in [0.05, 0.1) is 23.7 Å². The van der Waals surface area contributed by atoms with Crippen molar-refractivity contribution in [3.05, 3.63) is 83.9 Å². The molecule has 1 N–H and O–H groups in total. The summed E-state index contributed by atoms with van der Waals surface area (Å²) >= 11 is 0. The van der Waals surface area contributed by atoms with Crippen LogP contribution >= 0.6 is 0 Å². The molecule has 0 spiro atoms. The van der Waals surface area contributed by atoms with Gasteiger partial charge in [0, 0.05) is 0 Å². The van der Waals surface area contributed by atoms with E-state index in [4.69, 9.17) is 9.47 Å². The van der Waals surface area contributed by atoms with Crippen molar-refractivity contribution in [3.8, 4) is 11.5 Å². The first-order valence-electron chi connectivity index (χ1n) is 11.9. The average molecular weight is 509 g/mol. The monoisotopic (exact) mass is 508 g/mol. The van der Waals surface area contributed by atoms with Crippen LogP contribution in [-0.4, -0.2) is 40.1 Å². The maximum absolute atomic E-state index is 13.5. The lowest BCUT2D eigenvalue weighted by Gasteiger charge is -2.35. The molecule has 0 bridgehead atoms. The first kappa shape index (κ1) is 25.6. The van der Waals surface area contributed by atoms with Crippen LogP contribution in [0.2, 0.25) is 0 Å². The second-order valence-corrected chi connectivity index (χ2v) is 11.7. The van der Waals surface area contributed by atoms with E-state index in [1.165, 1.54) is 4.31 Å². The lowest BCUT2D eigenvalue weighted by atomic mass is 9.86. The number of sulfonamides is 1. The molecule has 1 atom stereocenters. The van der Waals surface area contributed by atoms with Crippen molar-refractivity contribution in [2.45, 2.75) is 44.1 Å². The van der Waals surface area contributed by atoms with Gasteiger partial charge in [0.15, 0.2) is 6.10 Å². The summed E-state index contributed by atoms with van der Waals surface area (Å²) in [7, 11) is -3.89. The Morgan fingerprint density at radius 1 is 1.06 bits per heavy atom. The molecule has 3 aromatic carbocycles. The fourth-order valence-electron chi connectivity index (χ4n) is 4.11. The Morgan fingerprint density at radius 2 is 1.75 bits per heavy atom. The highest BCUT2D eigenvalue weighted by atomic mass is 32.2. The van der Waals surface area contributed by atoms with Crippen molar-refractivity contribution < 1.29 is 22.7 Å². The smallest absolute Gasteiger partial charge is 0.264 e. The molecule has 3 aromatic rings. The molecule has 0 unspecified atom stereocenters. The minimum Gasteiger partial charge on any atom is -0.491 e. The Kier molecular flexibility index (Phi) is 7.26. The highest BCUT2D eigenvalue weighted by Gasteiger charge is 2.37. The summed E-state index contributed by atoms with van der Waals surface area (Å²) in [6.07, 6.45) is -0.999. The van der Waals surface area contributed by atoms with E-state index >= 15 is 0 Å². The van der Waals surface area contributed by atoms with Gasteiger partial charge >= 0.3 is 0 Å². The predicted molar refractivity (Wildman–Crippen MR) is 140 cm³/mol. The van der Waals surface area contributed by atoms with E-state index in [0.29, 0.717) is 11.4 Å². The molecule has 0 saturated heterocycles. The number of anilines is 1. The summed E-state index contributed by atoms with van der Waals surface area (Å²) < 4.78 is 40.1. The van der Waals surface area contributed by atoms with E-state index in [2.05, 4.69) is 26.1 Å². The van der Waals surface area contributed by atoms with Crippen molar-refractivity contribution in [2.24, 2.45) is 0 Å². The third-order valence-corrected chi connectivity index (χ3v) is 7.76. The van der Waals surface area contributed by atoms with E-state index in [1.807, 2.05) is 37.3 Å². The molecule has 0 fully saturated rings. The maximum atomic E-state index is 13.5. The third-order valence-electron chi connectivity index (χ3n) is 5.96. The van der Waals surface area contributed by atoms with Gasteiger partial charge in [-0.2, -0.15) is 0 Å². The van der Waals surface area contributed by atoms with Gasteiger partial charge in [0.1, 0.15) is 18.1 Å². The molecular formula is C28H32N2O5S. The molecule has 4 rings (SSSR count). The molecule has 190 valence electrons. The molecule has 36 heavy (non-hydrogen) atoms. The number of nitrogens with zero attached hydrogens (tertiary/aromatic N) is 1. The van der Waals surface area contributed by atoms with Gasteiger partial charge in [-0.15, -0.1) is 0 Å². The number of carbonyl (C=O) groups is 1. The Hall–Kier alpha value is -3.52. The number of para-hydroxylation sites is 1. The number of nitrogens with one attached hydrogen (secondary N) is 1. The van der Waals surface area contributed by atoms with Gasteiger partial charge in [-0.25, -0.2) is 8.42 Å². The lowest BCUT2D eigenvalue weighted by molar-refractivity contribution is -0.127. The molecule has 1 heterocycles. The van der Waals surface area contributed by atoms with Gasteiger partial charge in [-0.3, -0.25) is 9.10 Å². The summed E-state index contributed by atoms with van der Waals surface area (Å²) in [6.45, 7) is 8.62. The van der Waals surface area contributed by atoms with Crippen LogP contribution in [0.5, 0.6) is 11.5 Å². The zero-order valence-electron chi connectivity index (χ0n) is 21.0. The Morgan fingerprint density at radius 3 is 2.47 bits per heavy atom. The zero-order chi connectivity index (χ0) is 25.9. The molecule has 0 aromatic heterocycles. The van der Waals surface area contributed by atoms with Gasteiger partial charge < -0.3 is 14.8 Å². The van der Waals surface area contributed by atoms with Crippen LogP contribution in [0.3, 0.4) is 0 Å². The number of rotatable bonds is 7. The summed E-state index contributed by atoms with van der Waals surface area (Å²) in [5.74, 6) is 0.724. The minimum atomic E-state index is -3.89. The van der Waals surface area contributed by atoms with Crippen LogP contribution in [-0.2, 0) is 20.2 Å². The van der Waals surface area contributed by atoms with Crippen molar-refractivity contribution in [2.75, 3.05) is 24.0 Å². The first-order chi connectivity index (χ1) is 17.1. The van der Waals surface area contributed by atoms with E-state index in [0.717, 1.165) is 16.9 Å². The summed E-state index contributed by atoms with van der Waals surface area (Å²) in [5, 5.41) is 2.82. The van der Waals surface area contributed by atoms with Crippen molar-refractivity contribution in [1.29, 1.82) is 0 Å². The largest absolute Gasteiger partial charge is 0.491 e. The van der Waals surface area contributed by atoms with Crippen molar-refractivity contribution in [1.82, 2.24) is 5.32 Å². The zero-order valence-corrected chi connectivity index (χ0v) is 21.8. The SMILES string of the molecule is Cc1ccc2c(c1)N(S(=O)(=O)c1ccccc1)C[C@H](C(=O)NCCOc1ccccc1C(C)(C)C)O2. The quantitative estimate of drug-likeness (QED) is 0.477. The third kappa shape index (κ3) is 5.49. The number of carbonyl (C=O) groups excluding carboxylic acids is 1. The maximum Gasteiger partial charge on any atom is 0.264 e. The van der Waals surface area contributed by atoms with Crippen LogP contribution in [0.15, 0.2) is 77.7 Å². The highest BCUT2D eigenvalue weighted by molar-refractivity contribution is 7.92. The molecular weight excluding hydrogens is 476 g/mol. The van der Waals surface area contributed by atoms with Crippen LogP contribution in [0.1, 0.15) is 31.9 Å². The normalized spacial score (nSPS) is 15.6. The molecule has 0 saturated carbocycles.